The standard InChI is InChI=1S/C15H19N5O2S/c1-3-9-19-12(10(2)17-18-14(16)22)13(21)20(15(19)23)11-7-5-4-6-8-11/h4-8,12H,3,9H2,1-2H3,(H3,16,18,22)/b17-10+. The molecule has 1 aromatic rings. The SMILES string of the molecule is CCCN1C(=S)N(c2ccccc2)C(=O)C1/C(C)=N/NC(N)=O. The van der Waals surface area contributed by atoms with Crippen LogP contribution in [0.15, 0.2) is 35.4 Å². The van der Waals surface area contributed by atoms with E-state index in [1.54, 1.807) is 6.92 Å². The summed E-state index contributed by atoms with van der Waals surface area (Å²) in [6.45, 7) is 4.28. The lowest BCUT2D eigenvalue weighted by atomic mass is 10.1. The molecule has 0 bridgehead atoms. The lowest BCUT2D eigenvalue weighted by molar-refractivity contribution is -0.118. The number of benzene rings is 1. The number of carbonyl (C=O) groups is 2. The molecule has 1 aliphatic heterocycles. The topological polar surface area (TPSA) is 91.0 Å². The number of primary amides is 1. The molecule has 0 aromatic heterocycles. The van der Waals surface area contributed by atoms with E-state index in [4.69, 9.17) is 18.0 Å². The van der Waals surface area contributed by atoms with Crippen molar-refractivity contribution >= 4 is 40.7 Å². The molecule has 7 nitrogen and oxygen atoms in total. The number of hydrazone groups is 1. The van der Waals surface area contributed by atoms with Crippen molar-refractivity contribution in [3.8, 4) is 0 Å². The molecule has 1 fully saturated rings. The Labute approximate surface area is 140 Å². The molecule has 8 heteroatoms. The predicted molar refractivity (Wildman–Crippen MR) is 93.1 cm³/mol. The fraction of sp³-hybridized carbons (Fsp3) is 0.333. The van der Waals surface area contributed by atoms with E-state index < -0.39 is 12.1 Å². The summed E-state index contributed by atoms with van der Waals surface area (Å²) >= 11 is 5.48. The number of hydrogen-bond acceptors (Lipinski definition) is 4. The Kier molecular flexibility index (Phi) is 5.28. The lowest BCUT2D eigenvalue weighted by Gasteiger charge is -2.23. The number of hydrogen-bond donors (Lipinski definition) is 2. The highest BCUT2D eigenvalue weighted by atomic mass is 32.1. The van der Waals surface area contributed by atoms with Gasteiger partial charge in [-0.25, -0.2) is 10.2 Å². The molecule has 1 unspecified atom stereocenters. The first-order valence-electron chi connectivity index (χ1n) is 7.26. The van der Waals surface area contributed by atoms with Gasteiger partial charge < -0.3 is 10.6 Å². The number of rotatable bonds is 5. The van der Waals surface area contributed by atoms with Gasteiger partial charge in [-0.15, -0.1) is 0 Å². The Balaban J connectivity index is 2.37. The molecule has 3 N–H and O–H groups in total. The molecule has 1 aromatic carbocycles. The highest BCUT2D eigenvalue weighted by Gasteiger charge is 2.44. The van der Waals surface area contributed by atoms with Gasteiger partial charge in [0.15, 0.2) is 11.2 Å². The van der Waals surface area contributed by atoms with Crippen molar-refractivity contribution in [1.29, 1.82) is 0 Å². The van der Waals surface area contributed by atoms with Gasteiger partial charge in [0.05, 0.1) is 11.4 Å². The average Bonchev–Trinajstić information content (AvgIpc) is 2.77. The summed E-state index contributed by atoms with van der Waals surface area (Å²) in [6, 6.07) is 7.79. The van der Waals surface area contributed by atoms with Crippen molar-refractivity contribution in [2.24, 2.45) is 10.8 Å². The van der Waals surface area contributed by atoms with Gasteiger partial charge >= 0.3 is 6.03 Å². The molecule has 3 amide bonds. The number of anilines is 1. The Morgan fingerprint density at radius 3 is 2.61 bits per heavy atom. The predicted octanol–water partition coefficient (Wildman–Crippen LogP) is 1.44. The van der Waals surface area contributed by atoms with E-state index in [-0.39, 0.29) is 5.91 Å². The van der Waals surface area contributed by atoms with Crippen molar-refractivity contribution in [2.45, 2.75) is 26.3 Å². The molecule has 1 saturated heterocycles. The molecule has 122 valence electrons. The van der Waals surface area contributed by atoms with Crippen molar-refractivity contribution in [3.63, 3.8) is 0 Å². The second-order valence-corrected chi connectivity index (χ2v) is 5.48. The van der Waals surface area contributed by atoms with Crippen LogP contribution in [0.4, 0.5) is 10.5 Å². The van der Waals surface area contributed by atoms with Crippen LogP contribution in [-0.2, 0) is 4.79 Å². The Bertz CT molecular complexity index is 647. The maximum atomic E-state index is 12.9. The van der Waals surface area contributed by atoms with Crippen molar-refractivity contribution in [3.05, 3.63) is 30.3 Å². The largest absolute Gasteiger partial charge is 0.350 e. The van der Waals surface area contributed by atoms with Crippen LogP contribution >= 0.6 is 12.2 Å². The van der Waals surface area contributed by atoms with Gasteiger partial charge in [0.25, 0.3) is 5.91 Å². The number of carbonyl (C=O) groups excluding carboxylic acids is 2. The zero-order chi connectivity index (χ0) is 17.0. The quantitative estimate of drug-likeness (QED) is 0.485. The molecular weight excluding hydrogens is 314 g/mol. The number of thiocarbonyl (C=S) groups is 1. The molecular formula is C15H19N5O2S. The number of urea groups is 1. The molecule has 1 atom stereocenters. The Morgan fingerprint density at radius 2 is 2.04 bits per heavy atom. The van der Waals surface area contributed by atoms with Gasteiger partial charge in [-0.1, -0.05) is 25.1 Å². The van der Waals surface area contributed by atoms with E-state index in [9.17, 15) is 9.59 Å². The summed E-state index contributed by atoms with van der Waals surface area (Å²) in [7, 11) is 0. The van der Waals surface area contributed by atoms with Crippen molar-refractivity contribution in [2.75, 3.05) is 11.4 Å². The molecule has 1 aliphatic rings. The zero-order valence-corrected chi connectivity index (χ0v) is 13.8. The highest BCUT2D eigenvalue weighted by molar-refractivity contribution is 7.80. The first kappa shape index (κ1) is 16.9. The van der Waals surface area contributed by atoms with E-state index in [0.717, 1.165) is 6.42 Å². The van der Waals surface area contributed by atoms with Crippen LogP contribution in [0.2, 0.25) is 0 Å². The molecule has 23 heavy (non-hydrogen) atoms. The fourth-order valence-electron chi connectivity index (χ4n) is 2.48. The molecule has 0 aliphatic carbocycles. The third-order valence-corrected chi connectivity index (χ3v) is 3.84. The number of nitrogens with one attached hydrogen (secondary N) is 1. The summed E-state index contributed by atoms with van der Waals surface area (Å²) in [5, 5.41) is 4.33. The third kappa shape index (κ3) is 3.48. The molecule has 0 saturated carbocycles. The first-order valence-corrected chi connectivity index (χ1v) is 7.67. The van der Waals surface area contributed by atoms with Gasteiger partial charge in [-0.05, 0) is 37.7 Å². The van der Waals surface area contributed by atoms with Gasteiger partial charge in [0.1, 0.15) is 0 Å². The number of nitrogens with zero attached hydrogens (tertiary/aromatic N) is 3. The molecule has 0 radical (unpaired) electrons. The minimum Gasteiger partial charge on any atom is -0.350 e. The number of amides is 3. The average molecular weight is 333 g/mol. The van der Waals surface area contributed by atoms with E-state index in [1.165, 1.54) is 4.90 Å². The van der Waals surface area contributed by atoms with Crippen molar-refractivity contribution in [1.82, 2.24) is 10.3 Å². The Morgan fingerprint density at radius 1 is 1.39 bits per heavy atom. The highest BCUT2D eigenvalue weighted by Crippen LogP contribution is 2.26. The van der Waals surface area contributed by atoms with Crippen LogP contribution < -0.4 is 16.1 Å². The van der Waals surface area contributed by atoms with Gasteiger partial charge in [0, 0.05) is 6.54 Å². The zero-order valence-electron chi connectivity index (χ0n) is 13.0. The maximum absolute atomic E-state index is 12.9. The van der Waals surface area contributed by atoms with Crippen LogP contribution in [0, 0.1) is 0 Å². The summed E-state index contributed by atoms with van der Waals surface area (Å²) < 4.78 is 0. The van der Waals surface area contributed by atoms with Crippen LogP contribution in [0.1, 0.15) is 20.3 Å². The first-order chi connectivity index (χ1) is 11.0. The van der Waals surface area contributed by atoms with Crippen LogP contribution in [0.3, 0.4) is 0 Å². The summed E-state index contributed by atoms with van der Waals surface area (Å²) in [5.41, 5.74) is 8.33. The van der Waals surface area contributed by atoms with Crippen molar-refractivity contribution < 1.29 is 9.59 Å². The fourth-order valence-corrected chi connectivity index (χ4v) is 2.87. The van der Waals surface area contributed by atoms with Gasteiger partial charge in [-0.2, -0.15) is 5.10 Å². The van der Waals surface area contributed by atoms with Crippen LogP contribution in [0.5, 0.6) is 0 Å². The minimum atomic E-state index is -0.778. The smallest absolute Gasteiger partial charge is 0.332 e. The lowest BCUT2D eigenvalue weighted by Crippen LogP contribution is -2.42. The number of para-hydroxylation sites is 1. The molecule has 0 spiro atoms. The normalized spacial score (nSPS) is 18.5. The molecule has 2 rings (SSSR count). The van der Waals surface area contributed by atoms with E-state index in [2.05, 4.69) is 10.5 Å². The van der Waals surface area contributed by atoms with Gasteiger partial charge in [-0.3, -0.25) is 9.69 Å². The summed E-state index contributed by atoms with van der Waals surface area (Å²) in [5.74, 6) is -0.192. The molecule has 1 heterocycles. The summed E-state index contributed by atoms with van der Waals surface area (Å²) in [4.78, 5) is 27.0. The monoisotopic (exact) mass is 333 g/mol. The van der Waals surface area contributed by atoms with E-state index >= 15 is 0 Å². The maximum Gasteiger partial charge on any atom is 0.332 e. The number of nitrogens with two attached hydrogens (primary N) is 1. The second kappa shape index (κ2) is 7.19. The second-order valence-electron chi connectivity index (χ2n) is 5.12. The van der Waals surface area contributed by atoms with Gasteiger partial charge in [0.2, 0.25) is 0 Å². The Hall–Kier alpha value is -2.48. The third-order valence-electron chi connectivity index (χ3n) is 3.42. The minimum absolute atomic E-state index is 0.192. The van der Waals surface area contributed by atoms with Crippen LogP contribution in [0.25, 0.3) is 0 Å². The van der Waals surface area contributed by atoms with E-state index in [0.29, 0.717) is 23.1 Å². The van der Waals surface area contributed by atoms with Crippen LogP contribution in [-0.4, -0.2) is 40.2 Å². The summed E-state index contributed by atoms with van der Waals surface area (Å²) in [6.07, 6.45) is 0.822. The van der Waals surface area contributed by atoms with E-state index in [1.807, 2.05) is 42.2 Å².